The van der Waals surface area contributed by atoms with Gasteiger partial charge in [0.15, 0.2) is 0 Å². The molecular formula is C23H20Cl2F2N2O3. The fourth-order valence-electron chi connectivity index (χ4n) is 6.31. The molecule has 9 heteroatoms. The molecule has 5 rings (SSSR count). The third kappa shape index (κ3) is 2.65. The van der Waals surface area contributed by atoms with Gasteiger partial charge in [-0.3, -0.25) is 23.7 Å². The van der Waals surface area contributed by atoms with Crippen molar-refractivity contribution < 1.29 is 23.5 Å². The third-order valence-corrected chi connectivity index (χ3v) is 7.86. The lowest BCUT2D eigenvalue weighted by atomic mass is 9.46. The van der Waals surface area contributed by atoms with E-state index in [1.807, 2.05) is 0 Å². The predicted molar refractivity (Wildman–Crippen MR) is 117 cm³/mol. The van der Waals surface area contributed by atoms with Crippen molar-refractivity contribution in [3.63, 3.8) is 0 Å². The summed E-state index contributed by atoms with van der Waals surface area (Å²) >= 11 is 12.4. The zero-order valence-electron chi connectivity index (χ0n) is 16.8. The van der Waals surface area contributed by atoms with Gasteiger partial charge in [-0.15, -0.1) is 0 Å². The number of benzene rings is 2. The van der Waals surface area contributed by atoms with Crippen molar-refractivity contribution in [3.05, 3.63) is 63.6 Å². The van der Waals surface area contributed by atoms with Gasteiger partial charge in [-0.05, 0) is 48.2 Å². The number of alkyl halides is 2. The van der Waals surface area contributed by atoms with Crippen molar-refractivity contribution in [2.45, 2.75) is 35.8 Å². The number of carbonyl (C=O) groups excluding carboxylic acids is 1. The standard InChI is InChI=1S/C23H20Cl2F2N2O3/c24-13-3-1-2-12(6-13)17-18(19(30)31)29-22(8-21(9-22,10-26)11-27)23(17)15-5-4-14(25)7-16(15)28-20(23)32/h1-7,17-18,29H,8-11H2,(H,28,32)(H,30,31)/t17-,18+,23+/m0/s1. The minimum atomic E-state index is -1.41. The van der Waals surface area contributed by atoms with E-state index in [-0.39, 0.29) is 12.8 Å². The van der Waals surface area contributed by atoms with E-state index in [0.717, 1.165) is 0 Å². The number of carboxylic acid groups (broad SMARTS) is 1. The molecule has 32 heavy (non-hydrogen) atoms. The topological polar surface area (TPSA) is 78.4 Å². The first-order valence-electron chi connectivity index (χ1n) is 10.2. The highest BCUT2D eigenvalue weighted by Crippen LogP contribution is 2.68. The van der Waals surface area contributed by atoms with Gasteiger partial charge in [0.2, 0.25) is 5.91 Å². The molecule has 2 spiro atoms. The Bertz CT molecular complexity index is 1130. The smallest absolute Gasteiger partial charge is 0.321 e. The van der Waals surface area contributed by atoms with Crippen LogP contribution in [0, 0.1) is 5.41 Å². The number of anilines is 1. The summed E-state index contributed by atoms with van der Waals surface area (Å²) in [5.74, 6) is -2.43. The van der Waals surface area contributed by atoms with Gasteiger partial charge < -0.3 is 10.4 Å². The van der Waals surface area contributed by atoms with E-state index in [0.29, 0.717) is 26.9 Å². The zero-order chi connectivity index (χ0) is 22.9. The number of rotatable bonds is 4. The van der Waals surface area contributed by atoms with Crippen LogP contribution >= 0.6 is 23.2 Å². The number of hydrogen-bond donors (Lipinski definition) is 3. The van der Waals surface area contributed by atoms with Gasteiger partial charge in [0.25, 0.3) is 0 Å². The molecular weight excluding hydrogens is 461 g/mol. The highest BCUT2D eigenvalue weighted by Gasteiger charge is 2.77. The van der Waals surface area contributed by atoms with Crippen molar-refractivity contribution in [1.82, 2.24) is 5.32 Å². The van der Waals surface area contributed by atoms with Crippen LogP contribution in [-0.4, -0.2) is 41.9 Å². The van der Waals surface area contributed by atoms with Crippen LogP contribution < -0.4 is 10.6 Å². The van der Waals surface area contributed by atoms with Crippen LogP contribution in [0.15, 0.2) is 42.5 Å². The van der Waals surface area contributed by atoms with Crippen LogP contribution in [-0.2, 0) is 15.0 Å². The molecule has 3 atom stereocenters. The van der Waals surface area contributed by atoms with E-state index >= 15 is 0 Å². The molecule has 5 nitrogen and oxygen atoms in total. The second-order valence-corrected chi connectivity index (χ2v) is 10.0. The fourth-order valence-corrected chi connectivity index (χ4v) is 6.69. The molecule has 0 unspecified atom stereocenters. The maximum atomic E-state index is 13.9. The van der Waals surface area contributed by atoms with Gasteiger partial charge in [0.05, 0.1) is 13.3 Å². The average Bonchev–Trinajstić information content (AvgIpc) is 3.20. The summed E-state index contributed by atoms with van der Waals surface area (Å²) in [6.07, 6.45) is -0.0212. The molecule has 1 aliphatic carbocycles. The van der Waals surface area contributed by atoms with E-state index in [1.54, 1.807) is 42.5 Å². The quantitative estimate of drug-likeness (QED) is 0.602. The van der Waals surface area contributed by atoms with Crippen molar-refractivity contribution >= 4 is 40.8 Å². The molecule has 0 bridgehead atoms. The molecule has 168 valence electrons. The lowest BCUT2D eigenvalue weighted by Crippen LogP contribution is -2.70. The summed E-state index contributed by atoms with van der Waals surface area (Å²) in [5.41, 5.74) is -2.20. The lowest BCUT2D eigenvalue weighted by molar-refractivity contribution is -0.140. The molecule has 1 saturated heterocycles. The van der Waals surface area contributed by atoms with Crippen molar-refractivity contribution in [3.8, 4) is 0 Å². The van der Waals surface area contributed by atoms with Crippen LogP contribution in [0.2, 0.25) is 10.0 Å². The Hall–Kier alpha value is -2.22. The Balaban J connectivity index is 1.79. The SMILES string of the molecule is O=C(O)[C@@H]1NC2(CC(CF)(CF)C2)[C@@]2(C(=O)Nc3cc(Cl)ccc32)[C@H]1c1cccc(Cl)c1. The molecule has 2 aromatic rings. The number of nitrogens with one attached hydrogen (secondary N) is 2. The molecule has 1 amide bonds. The molecule has 2 aliphatic heterocycles. The minimum Gasteiger partial charge on any atom is -0.480 e. The van der Waals surface area contributed by atoms with Gasteiger partial charge in [0.1, 0.15) is 11.5 Å². The summed E-state index contributed by atoms with van der Waals surface area (Å²) in [7, 11) is 0. The van der Waals surface area contributed by atoms with E-state index in [1.165, 1.54) is 0 Å². The highest BCUT2D eigenvalue weighted by atomic mass is 35.5. The van der Waals surface area contributed by atoms with E-state index in [2.05, 4.69) is 10.6 Å². The Morgan fingerprint density at radius 3 is 2.41 bits per heavy atom. The summed E-state index contributed by atoms with van der Waals surface area (Å²) in [4.78, 5) is 26.2. The van der Waals surface area contributed by atoms with E-state index < -0.39 is 53.6 Å². The van der Waals surface area contributed by atoms with Gasteiger partial charge >= 0.3 is 5.97 Å². The van der Waals surface area contributed by atoms with Crippen molar-refractivity contribution in [2.24, 2.45) is 5.41 Å². The molecule has 2 heterocycles. The van der Waals surface area contributed by atoms with E-state index in [9.17, 15) is 23.5 Å². The highest BCUT2D eigenvalue weighted by molar-refractivity contribution is 6.31. The Labute approximate surface area is 193 Å². The van der Waals surface area contributed by atoms with Crippen molar-refractivity contribution in [2.75, 3.05) is 18.7 Å². The van der Waals surface area contributed by atoms with Gasteiger partial charge in [0, 0.05) is 32.6 Å². The normalized spacial score (nSPS) is 29.1. The second kappa shape index (κ2) is 7.14. The maximum absolute atomic E-state index is 13.9. The van der Waals surface area contributed by atoms with Crippen molar-refractivity contribution in [1.29, 1.82) is 0 Å². The van der Waals surface area contributed by atoms with Crippen LogP contribution in [0.5, 0.6) is 0 Å². The lowest BCUT2D eigenvalue weighted by Gasteiger charge is -2.59. The van der Waals surface area contributed by atoms with Crippen LogP contribution in [0.3, 0.4) is 0 Å². The molecule has 0 aromatic heterocycles. The fraction of sp³-hybridized carbons (Fsp3) is 0.391. The van der Waals surface area contributed by atoms with Gasteiger partial charge in [-0.1, -0.05) is 41.4 Å². The minimum absolute atomic E-state index is 0.0106. The Morgan fingerprint density at radius 1 is 1.09 bits per heavy atom. The van der Waals surface area contributed by atoms with E-state index in [4.69, 9.17) is 23.2 Å². The van der Waals surface area contributed by atoms with Gasteiger partial charge in [-0.2, -0.15) is 0 Å². The second-order valence-electron chi connectivity index (χ2n) is 9.15. The number of hydrogen-bond acceptors (Lipinski definition) is 3. The molecule has 1 saturated carbocycles. The monoisotopic (exact) mass is 480 g/mol. The van der Waals surface area contributed by atoms with Crippen LogP contribution in [0.25, 0.3) is 0 Å². The molecule has 2 aromatic carbocycles. The largest absolute Gasteiger partial charge is 0.480 e. The predicted octanol–water partition coefficient (Wildman–Crippen LogP) is 4.48. The number of fused-ring (bicyclic) bond motifs is 3. The van der Waals surface area contributed by atoms with Crippen LogP contribution in [0.1, 0.15) is 29.9 Å². The number of halogens is 4. The number of carboxylic acids is 1. The maximum Gasteiger partial charge on any atom is 0.321 e. The summed E-state index contributed by atoms with van der Waals surface area (Å²) in [6.45, 7) is -1.78. The van der Waals surface area contributed by atoms with Crippen LogP contribution in [0.4, 0.5) is 14.5 Å². The first-order valence-corrected chi connectivity index (χ1v) is 11.0. The molecule has 0 radical (unpaired) electrons. The van der Waals surface area contributed by atoms with Gasteiger partial charge in [-0.25, -0.2) is 0 Å². The molecule has 2 fully saturated rings. The summed E-state index contributed by atoms with van der Waals surface area (Å²) in [6, 6.07) is 10.5. The summed E-state index contributed by atoms with van der Waals surface area (Å²) < 4.78 is 27.7. The summed E-state index contributed by atoms with van der Waals surface area (Å²) in [5, 5.41) is 16.9. The average molecular weight is 481 g/mol. The first-order chi connectivity index (χ1) is 15.2. The first kappa shape index (κ1) is 21.6. The molecule has 3 aliphatic rings. The zero-order valence-corrected chi connectivity index (χ0v) is 18.3. The number of carbonyl (C=O) groups is 2. The third-order valence-electron chi connectivity index (χ3n) is 7.39. The Kier molecular flexibility index (Phi) is 4.82. The molecule has 3 N–H and O–H groups in total. The Morgan fingerprint density at radius 2 is 1.78 bits per heavy atom. The number of aliphatic carboxylic acids is 1. The number of amides is 1.